The highest BCUT2D eigenvalue weighted by atomic mass is 16.5. The molecule has 0 aromatic rings. The van der Waals surface area contributed by atoms with E-state index in [9.17, 15) is 4.79 Å². The maximum atomic E-state index is 11.6. The van der Waals surface area contributed by atoms with Gasteiger partial charge in [0, 0.05) is 18.9 Å². The molecule has 0 aromatic heterocycles. The number of hydrogen-bond donors (Lipinski definition) is 0. The Bertz CT molecular complexity index is 348. The Hall–Kier alpha value is -1.71. The Labute approximate surface area is 116 Å². The van der Waals surface area contributed by atoms with Gasteiger partial charge in [-0.15, -0.1) is 0 Å². The molecule has 106 valence electrons. The molecule has 0 saturated carbocycles. The van der Waals surface area contributed by atoms with Crippen LogP contribution in [0.3, 0.4) is 0 Å². The van der Waals surface area contributed by atoms with Crippen LogP contribution in [0.2, 0.25) is 0 Å². The third kappa shape index (κ3) is 6.70. The summed E-state index contributed by atoms with van der Waals surface area (Å²) in [7, 11) is 0. The van der Waals surface area contributed by atoms with E-state index in [-0.39, 0.29) is 5.97 Å². The normalized spacial score (nSPS) is 15.1. The number of ether oxygens (including phenoxy) is 1. The van der Waals surface area contributed by atoms with Crippen LogP contribution < -0.4 is 0 Å². The van der Waals surface area contributed by atoms with Gasteiger partial charge in [-0.2, -0.15) is 0 Å². The second-order valence-corrected chi connectivity index (χ2v) is 4.51. The zero-order valence-electron chi connectivity index (χ0n) is 11.9. The molecule has 1 rings (SSSR count). The monoisotopic (exact) mass is 264 g/mol. The van der Waals surface area contributed by atoms with Crippen molar-refractivity contribution in [2.75, 3.05) is 19.8 Å². The van der Waals surface area contributed by atoms with Crippen molar-refractivity contribution in [3.05, 3.63) is 36.9 Å². The van der Waals surface area contributed by atoms with E-state index in [1.54, 1.807) is 6.08 Å². The zero-order chi connectivity index (χ0) is 13.9. The Morgan fingerprint density at radius 1 is 1.26 bits per heavy atom. The number of allylic oxidation sites excluding steroid dienone is 3. The van der Waals surface area contributed by atoms with Crippen molar-refractivity contribution in [1.82, 2.24) is 9.80 Å². The first kappa shape index (κ1) is 15.3. The molecule has 0 radical (unpaired) electrons. The lowest BCUT2D eigenvalue weighted by atomic mass is 10.3. The summed E-state index contributed by atoms with van der Waals surface area (Å²) in [4.78, 5) is 15.7. The first-order valence-electron chi connectivity index (χ1n) is 6.93. The maximum Gasteiger partial charge on any atom is 0.330 e. The van der Waals surface area contributed by atoms with Crippen LogP contribution in [-0.2, 0) is 9.53 Å². The van der Waals surface area contributed by atoms with Crippen LogP contribution in [0.25, 0.3) is 0 Å². The van der Waals surface area contributed by atoms with Crippen LogP contribution in [0.15, 0.2) is 36.9 Å². The Balaban J connectivity index is 2.18. The fourth-order valence-corrected chi connectivity index (χ4v) is 1.70. The third-order valence-electron chi connectivity index (χ3n) is 2.74. The van der Waals surface area contributed by atoms with E-state index in [1.165, 1.54) is 19.1 Å². The minimum Gasteiger partial charge on any atom is -0.433 e. The molecule has 0 saturated heterocycles. The highest BCUT2D eigenvalue weighted by Crippen LogP contribution is 2.07. The van der Waals surface area contributed by atoms with Crippen LogP contribution in [0.1, 0.15) is 33.1 Å². The van der Waals surface area contributed by atoms with Crippen molar-refractivity contribution < 1.29 is 9.53 Å². The molecule has 19 heavy (non-hydrogen) atoms. The molecular weight excluding hydrogens is 240 g/mol. The van der Waals surface area contributed by atoms with E-state index in [1.807, 2.05) is 29.5 Å². The lowest BCUT2D eigenvalue weighted by Gasteiger charge is -2.19. The molecule has 0 amide bonds. The van der Waals surface area contributed by atoms with Crippen molar-refractivity contribution in [2.24, 2.45) is 0 Å². The van der Waals surface area contributed by atoms with Crippen molar-refractivity contribution in [3.63, 3.8) is 0 Å². The molecule has 0 atom stereocenters. The lowest BCUT2D eigenvalue weighted by molar-refractivity contribution is -0.138. The second kappa shape index (κ2) is 9.25. The van der Waals surface area contributed by atoms with Crippen LogP contribution >= 0.6 is 0 Å². The molecule has 1 aliphatic rings. The van der Waals surface area contributed by atoms with Gasteiger partial charge in [-0.1, -0.05) is 32.4 Å². The smallest absolute Gasteiger partial charge is 0.330 e. The van der Waals surface area contributed by atoms with Gasteiger partial charge in [0.05, 0.1) is 12.9 Å². The topological polar surface area (TPSA) is 32.8 Å². The Morgan fingerprint density at radius 3 is 2.79 bits per heavy atom. The maximum absolute atomic E-state index is 11.6. The minimum atomic E-state index is -0.233. The van der Waals surface area contributed by atoms with Crippen LogP contribution in [0, 0.1) is 0 Å². The summed E-state index contributed by atoms with van der Waals surface area (Å²) >= 11 is 0. The van der Waals surface area contributed by atoms with Crippen molar-refractivity contribution >= 4 is 5.97 Å². The summed E-state index contributed by atoms with van der Waals surface area (Å²) in [5.74, 6) is -0.233. The number of nitrogens with zero attached hydrogens (tertiary/aromatic N) is 2. The predicted molar refractivity (Wildman–Crippen MR) is 77.0 cm³/mol. The summed E-state index contributed by atoms with van der Waals surface area (Å²) in [5.41, 5.74) is 0. The molecule has 0 aliphatic carbocycles. The van der Waals surface area contributed by atoms with E-state index in [0.717, 1.165) is 19.6 Å². The van der Waals surface area contributed by atoms with E-state index in [2.05, 4.69) is 18.7 Å². The molecule has 4 heteroatoms. The minimum absolute atomic E-state index is 0.233. The zero-order valence-corrected chi connectivity index (χ0v) is 11.9. The molecule has 0 spiro atoms. The van der Waals surface area contributed by atoms with Crippen molar-refractivity contribution in [1.29, 1.82) is 0 Å². The molecule has 4 nitrogen and oxygen atoms in total. The van der Waals surface area contributed by atoms with E-state index in [4.69, 9.17) is 4.74 Å². The average Bonchev–Trinajstić information content (AvgIpc) is 2.83. The van der Waals surface area contributed by atoms with Crippen LogP contribution in [0.5, 0.6) is 0 Å². The van der Waals surface area contributed by atoms with Gasteiger partial charge < -0.3 is 14.5 Å². The summed E-state index contributed by atoms with van der Waals surface area (Å²) in [6.45, 7) is 6.34. The predicted octanol–water partition coefficient (Wildman–Crippen LogP) is 2.86. The van der Waals surface area contributed by atoms with Gasteiger partial charge in [-0.25, -0.2) is 4.79 Å². The number of rotatable bonds is 8. The molecule has 1 heterocycles. The number of hydrogen-bond acceptors (Lipinski definition) is 4. The summed E-state index contributed by atoms with van der Waals surface area (Å²) in [5, 5.41) is 0. The first-order valence-corrected chi connectivity index (χ1v) is 6.93. The second-order valence-electron chi connectivity index (χ2n) is 4.51. The van der Waals surface area contributed by atoms with Gasteiger partial charge >= 0.3 is 5.97 Å². The molecule has 0 N–H and O–H groups in total. The quantitative estimate of drug-likeness (QED) is 0.383. The SMILES string of the molecule is CCC=CC=COC(=O)CN1C=CN(CCCC)C1. The molecule has 1 aliphatic heterocycles. The summed E-state index contributed by atoms with van der Waals surface area (Å²) in [6.07, 6.45) is 14.3. The van der Waals surface area contributed by atoms with E-state index in [0.29, 0.717) is 6.54 Å². The van der Waals surface area contributed by atoms with Gasteiger partial charge in [-0.3, -0.25) is 0 Å². The highest BCUT2D eigenvalue weighted by Gasteiger charge is 2.14. The molecule has 0 bridgehead atoms. The van der Waals surface area contributed by atoms with Crippen LogP contribution in [-0.4, -0.2) is 35.5 Å². The van der Waals surface area contributed by atoms with Crippen molar-refractivity contribution in [2.45, 2.75) is 33.1 Å². The molecular formula is C15H24N2O2. The lowest BCUT2D eigenvalue weighted by Crippen LogP contribution is -2.30. The molecule has 0 fully saturated rings. The van der Waals surface area contributed by atoms with Gasteiger partial charge in [0.15, 0.2) is 0 Å². The average molecular weight is 264 g/mol. The van der Waals surface area contributed by atoms with Gasteiger partial charge in [-0.05, 0) is 18.9 Å². The number of esters is 1. The number of carbonyl (C=O) groups is 1. The summed E-state index contributed by atoms with van der Waals surface area (Å²) < 4.78 is 5.00. The molecule has 0 aromatic carbocycles. The Kier molecular flexibility index (Phi) is 7.47. The largest absolute Gasteiger partial charge is 0.433 e. The van der Waals surface area contributed by atoms with Gasteiger partial charge in [0.1, 0.15) is 6.54 Å². The van der Waals surface area contributed by atoms with E-state index >= 15 is 0 Å². The van der Waals surface area contributed by atoms with Gasteiger partial charge in [0.2, 0.25) is 0 Å². The standard InChI is InChI=1S/C15H24N2O2/c1-3-5-7-8-12-19-15(18)13-17-11-10-16(14-17)9-6-4-2/h5,7-8,10-12H,3-4,6,9,13-14H2,1-2H3. The first-order chi connectivity index (χ1) is 9.26. The number of carbonyl (C=O) groups excluding carboxylic acids is 1. The van der Waals surface area contributed by atoms with Crippen LogP contribution in [0.4, 0.5) is 0 Å². The molecule has 0 unspecified atom stereocenters. The summed E-state index contributed by atoms with van der Waals surface area (Å²) in [6, 6.07) is 0. The van der Waals surface area contributed by atoms with Crippen molar-refractivity contribution in [3.8, 4) is 0 Å². The third-order valence-corrected chi connectivity index (χ3v) is 2.74. The van der Waals surface area contributed by atoms with E-state index < -0.39 is 0 Å². The number of unbranched alkanes of at least 4 members (excludes halogenated alkanes) is 1. The Morgan fingerprint density at radius 2 is 2.05 bits per heavy atom. The highest BCUT2D eigenvalue weighted by molar-refractivity contribution is 5.72. The fourth-order valence-electron chi connectivity index (χ4n) is 1.70. The van der Waals surface area contributed by atoms with Gasteiger partial charge in [0.25, 0.3) is 0 Å². The fraction of sp³-hybridized carbons (Fsp3) is 0.533.